The number of benzene rings is 4. The predicted octanol–water partition coefficient (Wildman–Crippen LogP) is 14.3. The van der Waals surface area contributed by atoms with Gasteiger partial charge in [0.1, 0.15) is 22.6 Å². The number of H-pyrrole nitrogens is 2. The fourth-order valence-electron chi connectivity index (χ4n) is 8.49. The highest BCUT2D eigenvalue weighted by atomic mass is 32.1. The molecule has 0 saturated carbocycles. The number of nitrogens with zero attached hydrogens (tertiary/aromatic N) is 6. The second-order valence-electron chi connectivity index (χ2n) is 21.8. The van der Waals surface area contributed by atoms with E-state index in [0.29, 0.717) is 65.5 Å². The van der Waals surface area contributed by atoms with Crippen LogP contribution in [0.2, 0.25) is 0 Å². The van der Waals surface area contributed by atoms with Crippen molar-refractivity contribution < 1.29 is 0 Å². The zero-order valence-electron chi connectivity index (χ0n) is 40.7. The second-order valence-corrected chi connectivity index (χ2v) is 23.6. The third-order valence-corrected chi connectivity index (χ3v) is 14.8. The van der Waals surface area contributed by atoms with Gasteiger partial charge in [0.25, 0.3) is 0 Å². The van der Waals surface area contributed by atoms with Crippen LogP contribution in [0.4, 0.5) is 0 Å². The van der Waals surface area contributed by atoms with Crippen LogP contribution in [0.15, 0.2) is 117 Å². The van der Waals surface area contributed by atoms with E-state index in [1.54, 1.807) is 0 Å². The van der Waals surface area contributed by atoms with Crippen molar-refractivity contribution in [1.82, 2.24) is 39.9 Å². The first-order chi connectivity index (χ1) is 31.9. The van der Waals surface area contributed by atoms with Crippen molar-refractivity contribution in [2.75, 3.05) is 0 Å². The Balaban J connectivity index is 1.39. The lowest BCUT2D eigenvalue weighted by molar-refractivity contribution is 0.590. The topological polar surface area (TPSA) is 109 Å². The Morgan fingerprint density at radius 2 is 0.456 bits per heavy atom. The number of thiol groups is 4. The molecule has 7 aromatic rings. The molecule has 9 rings (SSSR count). The van der Waals surface area contributed by atoms with Crippen molar-refractivity contribution >= 4 is 95.4 Å². The Morgan fingerprint density at radius 1 is 0.279 bits per heavy atom. The van der Waals surface area contributed by atoms with Crippen molar-refractivity contribution in [2.24, 2.45) is 0 Å². The molecular formula is C56H58N8S4. The summed E-state index contributed by atoms with van der Waals surface area (Å²) in [4.78, 5) is 40.6. The standard InChI is InChI=1S/C56H58N8S4/c1-53(2,3)33-21-13-29(14-22-33)37-38(30-15-23-34(24-16-30)54(4,5)6)46-57-45(37)59-49-41(65)42(66)51(63-49)61-47-39(31-17-25-35(26-18-31)55(7,8)9)40(32-19-27-36(28-20-32)56(10,11)12)48(58-47)62-52-44(68)43(67)50(60-46)64-52/h13-28,65-68H,1-12H3,(H2,57,58,59,60,61,62,63,64). The van der Waals surface area contributed by atoms with E-state index in [1.807, 2.05) is 0 Å². The van der Waals surface area contributed by atoms with Crippen LogP contribution in [0.5, 0.6) is 0 Å². The first kappa shape index (κ1) is 47.7. The number of aromatic nitrogens is 8. The van der Waals surface area contributed by atoms with Crippen LogP contribution in [0, 0.1) is 0 Å². The van der Waals surface area contributed by atoms with E-state index in [9.17, 15) is 0 Å². The minimum absolute atomic E-state index is 0.0472. The Bertz CT molecular complexity index is 2920. The first-order valence-corrected chi connectivity index (χ1v) is 24.7. The van der Waals surface area contributed by atoms with Gasteiger partial charge in [0.15, 0.2) is 23.3 Å². The minimum atomic E-state index is -0.0472. The maximum atomic E-state index is 5.27. The fourth-order valence-corrected chi connectivity index (χ4v) is 9.34. The van der Waals surface area contributed by atoms with Gasteiger partial charge >= 0.3 is 0 Å². The smallest absolute Gasteiger partial charge is 0.165 e. The molecule has 0 radical (unpaired) electrons. The second kappa shape index (κ2) is 17.2. The largest absolute Gasteiger partial charge is 0.323 e. The van der Waals surface area contributed by atoms with Gasteiger partial charge in [0, 0.05) is 22.3 Å². The van der Waals surface area contributed by atoms with Gasteiger partial charge in [-0.2, -0.15) is 0 Å². The number of rotatable bonds is 4. The van der Waals surface area contributed by atoms with E-state index >= 15 is 0 Å². The zero-order valence-corrected chi connectivity index (χ0v) is 44.3. The quantitative estimate of drug-likeness (QED) is 0.0981. The minimum Gasteiger partial charge on any atom is -0.323 e. The Kier molecular flexibility index (Phi) is 12.1. The molecule has 0 atom stereocenters. The van der Waals surface area contributed by atoms with E-state index in [0.717, 1.165) is 44.5 Å². The third-order valence-electron chi connectivity index (χ3n) is 12.7. The van der Waals surface area contributed by atoms with Gasteiger partial charge in [-0.25, -0.2) is 29.9 Å². The van der Waals surface area contributed by atoms with Crippen LogP contribution >= 0.6 is 50.5 Å². The average Bonchev–Trinajstić information content (AvgIpc) is 3.97. The summed E-state index contributed by atoms with van der Waals surface area (Å²) in [5, 5.41) is 0. The van der Waals surface area contributed by atoms with Gasteiger partial charge in [-0.15, -0.1) is 50.5 Å². The molecule has 0 fully saturated rings. The van der Waals surface area contributed by atoms with Gasteiger partial charge in [-0.3, -0.25) is 0 Å². The number of nitrogens with one attached hydrogen (secondary N) is 2. The molecule has 0 saturated heterocycles. The molecule has 346 valence electrons. The average molecular weight is 971 g/mol. The Labute approximate surface area is 421 Å². The summed E-state index contributed by atoms with van der Waals surface area (Å²) in [6.45, 7) is 26.6. The molecule has 5 heterocycles. The summed E-state index contributed by atoms with van der Waals surface area (Å²) >= 11 is 20.1. The lowest BCUT2D eigenvalue weighted by atomic mass is 9.84. The van der Waals surface area contributed by atoms with Crippen molar-refractivity contribution in [2.45, 2.75) is 124 Å². The van der Waals surface area contributed by atoms with Gasteiger partial charge < -0.3 is 9.97 Å². The summed E-state index contributed by atoms with van der Waals surface area (Å²) in [7, 11) is 0. The van der Waals surface area contributed by atoms with Crippen molar-refractivity contribution in [1.29, 1.82) is 0 Å². The molecule has 0 amide bonds. The van der Waals surface area contributed by atoms with Crippen LogP contribution in [-0.4, -0.2) is 39.9 Å². The summed E-state index contributed by atoms with van der Waals surface area (Å²) in [5.41, 5.74) is 13.4. The Hall–Kier alpha value is -5.40. The predicted molar refractivity (Wildman–Crippen MR) is 292 cm³/mol. The van der Waals surface area contributed by atoms with E-state index in [4.69, 9.17) is 80.4 Å². The maximum Gasteiger partial charge on any atom is 0.165 e. The third kappa shape index (κ3) is 9.01. The summed E-state index contributed by atoms with van der Waals surface area (Å²) < 4.78 is 0. The van der Waals surface area contributed by atoms with Crippen LogP contribution < -0.4 is 0 Å². The molecule has 4 aromatic carbocycles. The molecule has 2 N–H and O–H groups in total. The molecule has 3 aromatic heterocycles. The lowest BCUT2D eigenvalue weighted by Crippen LogP contribution is -2.11. The van der Waals surface area contributed by atoms with Crippen molar-refractivity contribution in [3.05, 3.63) is 165 Å². The molecule has 0 aliphatic carbocycles. The van der Waals surface area contributed by atoms with Crippen molar-refractivity contribution in [3.8, 4) is 0 Å². The SMILES string of the molecule is CC(C)(C)c1ccc(C2=C(c3ccc(C(C)(C)C)cc3)c3nc2nc2[nH]c(nc4nc(nc5[nH]c(n3)c(S)c5S)C(c3ccc(C(C)(C)C)cc3)=C4c3ccc(C(C)(C)C)cc3)c(S)c2S)cc1. The molecule has 8 bridgehead atoms. The van der Waals surface area contributed by atoms with E-state index < -0.39 is 0 Å². The van der Waals surface area contributed by atoms with Crippen LogP contribution in [0.25, 0.3) is 44.9 Å². The summed E-state index contributed by atoms with van der Waals surface area (Å²) in [6, 6.07) is 34.5. The Morgan fingerprint density at radius 3 is 0.618 bits per heavy atom. The molecule has 2 aliphatic rings. The molecule has 12 heteroatoms. The first-order valence-electron chi connectivity index (χ1n) is 22.9. The molecule has 0 unspecified atom stereocenters. The number of hydrogen-bond acceptors (Lipinski definition) is 10. The van der Waals surface area contributed by atoms with E-state index in [-0.39, 0.29) is 21.7 Å². The maximum absolute atomic E-state index is 5.27. The highest BCUT2D eigenvalue weighted by Gasteiger charge is 2.30. The van der Waals surface area contributed by atoms with E-state index in [1.165, 1.54) is 22.3 Å². The van der Waals surface area contributed by atoms with Crippen LogP contribution in [0.3, 0.4) is 0 Å². The van der Waals surface area contributed by atoms with Crippen molar-refractivity contribution in [3.63, 3.8) is 0 Å². The number of aromatic amines is 2. The van der Waals surface area contributed by atoms with E-state index in [2.05, 4.69) is 190 Å². The fraction of sp³-hybridized carbons (Fsp3) is 0.286. The van der Waals surface area contributed by atoms with Crippen LogP contribution in [0.1, 0.15) is 151 Å². The number of hydrogen-bond donors (Lipinski definition) is 6. The normalized spacial score (nSPS) is 13.8. The highest BCUT2D eigenvalue weighted by Crippen LogP contribution is 2.43. The summed E-state index contributed by atoms with van der Waals surface area (Å²) in [5.74, 6) is 1.79. The van der Waals surface area contributed by atoms with Gasteiger partial charge in [0.2, 0.25) is 0 Å². The van der Waals surface area contributed by atoms with Gasteiger partial charge in [-0.05, 0) is 66.2 Å². The van der Waals surface area contributed by atoms with Gasteiger partial charge in [0.05, 0.1) is 19.6 Å². The van der Waals surface area contributed by atoms with Gasteiger partial charge in [-0.1, -0.05) is 180 Å². The summed E-state index contributed by atoms with van der Waals surface area (Å²) in [6.07, 6.45) is 0. The molecular weight excluding hydrogens is 913 g/mol. The molecule has 2 aliphatic heterocycles. The molecule has 68 heavy (non-hydrogen) atoms. The monoisotopic (exact) mass is 970 g/mol. The molecule has 0 spiro atoms. The zero-order chi connectivity index (χ0) is 48.8. The van der Waals surface area contributed by atoms with Crippen LogP contribution in [-0.2, 0) is 21.7 Å². The number of fused-ring (bicyclic) bond motifs is 8. The highest BCUT2D eigenvalue weighted by molar-refractivity contribution is 7.84. The lowest BCUT2D eigenvalue weighted by Gasteiger charge is -2.20. The molecule has 8 nitrogen and oxygen atoms in total.